The molecule has 1 aromatic heterocycles. The van der Waals surface area contributed by atoms with Gasteiger partial charge in [0, 0.05) is 22.1 Å². The van der Waals surface area contributed by atoms with Crippen molar-refractivity contribution < 1.29 is 0 Å². The number of nitrogens with zero attached hydrogens (tertiary/aromatic N) is 4. The van der Waals surface area contributed by atoms with Crippen LogP contribution in [0.25, 0.3) is 78.7 Å². The first-order valence-electron chi connectivity index (χ1n) is 19.5. The van der Waals surface area contributed by atoms with Crippen LogP contribution < -0.4 is 0 Å². The van der Waals surface area contributed by atoms with E-state index in [1.165, 1.54) is 58.2 Å². The number of hydrogen-bond donors (Lipinski definition) is 0. The molecule has 4 heteroatoms. The molecule has 0 radical (unpaired) electrons. The number of benzene rings is 7. The highest BCUT2D eigenvalue weighted by molar-refractivity contribution is 5.93. The quantitative estimate of drug-likeness (QED) is 0.172. The smallest absolute Gasteiger partial charge is 0.164 e. The highest BCUT2D eigenvalue weighted by Crippen LogP contribution is 2.58. The van der Waals surface area contributed by atoms with Gasteiger partial charge in [-0.1, -0.05) is 165 Å². The number of hydrogen-bond acceptors (Lipinski definition) is 4. The van der Waals surface area contributed by atoms with E-state index in [0.29, 0.717) is 17.5 Å². The van der Waals surface area contributed by atoms with Crippen LogP contribution in [0.1, 0.15) is 48.8 Å². The Hall–Kier alpha value is -6.96. The van der Waals surface area contributed by atoms with Crippen molar-refractivity contribution in [3.63, 3.8) is 0 Å². The maximum atomic E-state index is 9.80. The van der Waals surface area contributed by atoms with E-state index in [1.54, 1.807) is 0 Å². The lowest BCUT2D eigenvalue weighted by Crippen LogP contribution is -2.28. The Kier molecular flexibility index (Phi) is 8.42. The van der Waals surface area contributed by atoms with Crippen LogP contribution in [0.5, 0.6) is 0 Å². The van der Waals surface area contributed by atoms with Gasteiger partial charge in [-0.15, -0.1) is 0 Å². The molecule has 266 valence electrons. The summed E-state index contributed by atoms with van der Waals surface area (Å²) in [5, 5.41) is 9.80. The summed E-state index contributed by atoms with van der Waals surface area (Å²) < 4.78 is 0. The van der Waals surface area contributed by atoms with E-state index in [0.717, 1.165) is 51.8 Å². The third-order valence-corrected chi connectivity index (χ3v) is 11.8. The molecule has 1 heterocycles. The largest absolute Gasteiger partial charge is 0.208 e. The Morgan fingerprint density at radius 3 is 1.54 bits per heavy atom. The summed E-state index contributed by atoms with van der Waals surface area (Å²) >= 11 is 0. The molecule has 0 atom stereocenters. The van der Waals surface area contributed by atoms with Crippen LogP contribution in [0.15, 0.2) is 170 Å². The van der Waals surface area contributed by atoms with Gasteiger partial charge < -0.3 is 0 Å². The molecule has 7 aromatic carbocycles. The molecule has 56 heavy (non-hydrogen) atoms. The van der Waals surface area contributed by atoms with Crippen molar-refractivity contribution in [1.29, 1.82) is 5.26 Å². The summed E-state index contributed by atoms with van der Waals surface area (Å²) in [6, 6.07) is 62.0. The molecule has 0 amide bonds. The standard InChI is InChI=1S/C52H38N4/c53-34-35-23-28-45-47(31-35)52(29-8-3-9-30-52)46-22-12-21-44(48(45)46)37-26-24-36(25-27-37)40-17-10-18-41(32-40)42-19-11-20-43(33-42)51-55-49(38-13-4-1-5-14-38)54-50(56-51)39-15-6-2-7-16-39/h1-2,4-7,10-28,31-33H,3,8-9,29-30H2. The maximum Gasteiger partial charge on any atom is 0.164 e. The third-order valence-electron chi connectivity index (χ3n) is 11.8. The zero-order chi connectivity index (χ0) is 37.5. The summed E-state index contributed by atoms with van der Waals surface area (Å²) in [6.07, 6.45) is 6.01. The molecule has 0 aliphatic heterocycles. The van der Waals surface area contributed by atoms with E-state index < -0.39 is 0 Å². The number of nitriles is 1. The zero-order valence-corrected chi connectivity index (χ0v) is 31.0. The molecule has 1 spiro atoms. The molecule has 0 saturated heterocycles. The summed E-state index contributed by atoms with van der Waals surface area (Å²) in [5.41, 5.74) is 16.0. The second-order valence-electron chi connectivity index (χ2n) is 15.0. The Balaban J connectivity index is 0.985. The first kappa shape index (κ1) is 33.6. The van der Waals surface area contributed by atoms with Gasteiger partial charge in [0.05, 0.1) is 11.6 Å². The summed E-state index contributed by atoms with van der Waals surface area (Å²) in [7, 11) is 0. The lowest BCUT2D eigenvalue weighted by Gasteiger charge is -2.36. The van der Waals surface area contributed by atoms with Crippen LogP contribution in [-0.2, 0) is 5.41 Å². The van der Waals surface area contributed by atoms with Crippen molar-refractivity contribution in [2.24, 2.45) is 0 Å². The highest BCUT2D eigenvalue weighted by Gasteiger charge is 2.44. The minimum Gasteiger partial charge on any atom is -0.208 e. The zero-order valence-electron chi connectivity index (χ0n) is 31.0. The van der Waals surface area contributed by atoms with Crippen molar-refractivity contribution in [2.45, 2.75) is 37.5 Å². The predicted octanol–water partition coefficient (Wildman–Crippen LogP) is 13.0. The van der Waals surface area contributed by atoms with E-state index in [9.17, 15) is 5.26 Å². The first-order chi connectivity index (χ1) is 27.7. The Bertz CT molecular complexity index is 2720. The van der Waals surface area contributed by atoms with E-state index in [4.69, 9.17) is 15.0 Å². The lowest BCUT2D eigenvalue weighted by atomic mass is 9.67. The molecule has 4 nitrogen and oxygen atoms in total. The second kappa shape index (κ2) is 14.0. The van der Waals surface area contributed by atoms with Crippen molar-refractivity contribution in [1.82, 2.24) is 15.0 Å². The van der Waals surface area contributed by atoms with Crippen LogP contribution in [-0.4, -0.2) is 15.0 Å². The summed E-state index contributed by atoms with van der Waals surface area (Å²) in [6.45, 7) is 0. The van der Waals surface area contributed by atoms with Gasteiger partial charge in [-0.2, -0.15) is 5.26 Å². The van der Waals surface area contributed by atoms with E-state index in [-0.39, 0.29) is 5.41 Å². The van der Waals surface area contributed by atoms with Gasteiger partial charge in [0.15, 0.2) is 17.5 Å². The third kappa shape index (κ3) is 5.90. The Labute approximate surface area is 327 Å². The molecular formula is C52H38N4. The topological polar surface area (TPSA) is 62.5 Å². The molecule has 0 bridgehead atoms. The molecule has 0 N–H and O–H groups in total. The fourth-order valence-electron chi connectivity index (χ4n) is 9.04. The van der Waals surface area contributed by atoms with Crippen LogP contribution in [0.3, 0.4) is 0 Å². The molecule has 1 saturated carbocycles. The van der Waals surface area contributed by atoms with Crippen molar-refractivity contribution in [2.75, 3.05) is 0 Å². The van der Waals surface area contributed by atoms with Gasteiger partial charge in [0.2, 0.25) is 0 Å². The average Bonchev–Trinajstić information content (AvgIpc) is 3.55. The summed E-state index contributed by atoms with van der Waals surface area (Å²) in [5.74, 6) is 1.94. The monoisotopic (exact) mass is 718 g/mol. The highest BCUT2D eigenvalue weighted by atomic mass is 15.0. The summed E-state index contributed by atoms with van der Waals surface area (Å²) in [4.78, 5) is 14.8. The van der Waals surface area contributed by atoms with Gasteiger partial charge in [-0.3, -0.25) is 0 Å². The number of fused-ring (bicyclic) bond motifs is 5. The van der Waals surface area contributed by atoms with Gasteiger partial charge in [0.1, 0.15) is 0 Å². The normalized spacial score (nSPS) is 13.8. The van der Waals surface area contributed by atoms with Gasteiger partial charge >= 0.3 is 0 Å². The molecule has 2 aliphatic carbocycles. The number of aromatic nitrogens is 3. The minimum atomic E-state index is 0.00135. The first-order valence-corrected chi connectivity index (χ1v) is 19.5. The van der Waals surface area contributed by atoms with Crippen LogP contribution in [0.2, 0.25) is 0 Å². The fraction of sp³-hybridized carbons (Fsp3) is 0.115. The van der Waals surface area contributed by atoms with Crippen molar-refractivity contribution >= 4 is 0 Å². The van der Waals surface area contributed by atoms with E-state index in [2.05, 4.69) is 109 Å². The van der Waals surface area contributed by atoms with Crippen LogP contribution in [0, 0.1) is 11.3 Å². The predicted molar refractivity (Wildman–Crippen MR) is 226 cm³/mol. The van der Waals surface area contributed by atoms with Gasteiger partial charge in [-0.05, 0) is 92.7 Å². The van der Waals surface area contributed by atoms with Crippen LogP contribution in [0.4, 0.5) is 0 Å². The molecule has 8 aromatic rings. The average molecular weight is 719 g/mol. The molecule has 0 unspecified atom stereocenters. The van der Waals surface area contributed by atoms with Crippen molar-refractivity contribution in [3.05, 3.63) is 187 Å². The SMILES string of the molecule is N#Cc1ccc2c(c1)C1(CCCCC1)c1cccc(-c3ccc(-c4cccc(-c5cccc(-c6nc(-c7ccccc7)nc(-c7ccccc7)n6)c5)c4)cc3)c1-2. The fourth-order valence-corrected chi connectivity index (χ4v) is 9.04. The van der Waals surface area contributed by atoms with Gasteiger partial charge in [-0.25, -0.2) is 15.0 Å². The Morgan fingerprint density at radius 1 is 0.393 bits per heavy atom. The molecule has 2 aliphatic rings. The van der Waals surface area contributed by atoms with E-state index in [1.807, 2.05) is 66.7 Å². The lowest BCUT2D eigenvalue weighted by molar-refractivity contribution is 0.353. The Morgan fingerprint density at radius 2 is 0.911 bits per heavy atom. The molecular weight excluding hydrogens is 681 g/mol. The molecule has 1 fully saturated rings. The van der Waals surface area contributed by atoms with Crippen LogP contribution >= 0.6 is 0 Å². The minimum absolute atomic E-state index is 0.00135. The van der Waals surface area contributed by atoms with Gasteiger partial charge in [0.25, 0.3) is 0 Å². The number of rotatable bonds is 6. The second-order valence-corrected chi connectivity index (χ2v) is 15.0. The molecule has 10 rings (SSSR count). The van der Waals surface area contributed by atoms with E-state index >= 15 is 0 Å². The van der Waals surface area contributed by atoms with Crippen molar-refractivity contribution in [3.8, 4) is 84.7 Å². The maximum absolute atomic E-state index is 9.80.